The summed E-state index contributed by atoms with van der Waals surface area (Å²) in [6.07, 6.45) is -1.76. The van der Waals surface area contributed by atoms with E-state index < -0.39 is 36.0 Å². The SMILES string of the molecule is O=C(N[C@@H](c1ccccc1)[C@@H](O)C(=O)N[C@@H](Cc1cccc(Cl)c1)C(=O)O)c1ccccc1. The first kappa shape index (κ1) is 24.0. The van der Waals surface area contributed by atoms with Crippen molar-refractivity contribution in [1.29, 1.82) is 0 Å². The van der Waals surface area contributed by atoms with Crippen molar-refractivity contribution in [3.63, 3.8) is 0 Å². The van der Waals surface area contributed by atoms with Gasteiger partial charge >= 0.3 is 5.97 Å². The Morgan fingerprint density at radius 2 is 1.48 bits per heavy atom. The van der Waals surface area contributed by atoms with Crippen LogP contribution in [0.3, 0.4) is 0 Å². The summed E-state index contributed by atoms with van der Waals surface area (Å²) in [6.45, 7) is 0. The lowest BCUT2D eigenvalue weighted by molar-refractivity contribution is -0.143. The third-order valence-corrected chi connectivity index (χ3v) is 5.24. The second kappa shape index (κ2) is 11.3. The van der Waals surface area contributed by atoms with Crippen molar-refractivity contribution in [2.75, 3.05) is 0 Å². The molecule has 3 aromatic rings. The standard InChI is InChI=1S/C25H23ClN2O5/c26-19-13-7-8-16(14-19)15-20(25(32)33)27-24(31)22(29)21(17-9-3-1-4-10-17)28-23(30)18-11-5-2-6-12-18/h1-14,20-22,29H,15H2,(H,27,31)(H,28,30)(H,32,33)/t20-,21-,22+/m0/s1. The summed E-state index contributed by atoms with van der Waals surface area (Å²) in [5.74, 6) is -2.67. The van der Waals surface area contributed by atoms with E-state index in [0.29, 0.717) is 21.7 Å². The molecule has 0 aliphatic rings. The molecule has 170 valence electrons. The smallest absolute Gasteiger partial charge is 0.326 e. The first-order valence-corrected chi connectivity index (χ1v) is 10.6. The maximum absolute atomic E-state index is 12.8. The van der Waals surface area contributed by atoms with Gasteiger partial charge in [0.05, 0.1) is 6.04 Å². The fourth-order valence-corrected chi connectivity index (χ4v) is 3.54. The van der Waals surface area contributed by atoms with Crippen molar-refractivity contribution in [2.45, 2.75) is 24.6 Å². The van der Waals surface area contributed by atoms with E-state index in [1.807, 2.05) is 0 Å². The first-order valence-electron chi connectivity index (χ1n) is 10.2. The number of rotatable bonds is 9. The van der Waals surface area contributed by atoms with Gasteiger partial charge in [0.15, 0.2) is 6.10 Å². The number of carboxylic acid groups (broad SMARTS) is 1. The lowest BCUT2D eigenvalue weighted by Gasteiger charge is -2.25. The summed E-state index contributed by atoms with van der Waals surface area (Å²) < 4.78 is 0. The van der Waals surface area contributed by atoms with Crippen molar-refractivity contribution >= 4 is 29.4 Å². The summed E-state index contributed by atoms with van der Waals surface area (Å²) >= 11 is 5.96. The minimum absolute atomic E-state index is 0.0271. The molecule has 3 aromatic carbocycles. The maximum atomic E-state index is 12.8. The van der Waals surface area contributed by atoms with Gasteiger partial charge in [-0.3, -0.25) is 9.59 Å². The number of carboxylic acids is 1. The van der Waals surface area contributed by atoms with Gasteiger partial charge in [-0.2, -0.15) is 0 Å². The average molecular weight is 467 g/mol. The van der Waals surface area contributed by atoms with Gasteiger partial charge in [-0.15, -0.1) is 0 Å². The van der Waals surface area contributed by atoms with Crippen molar-refractivity contribution < 1.29 is 24.6 Å². The summed E-state index contributed by atoms with van der Waals surface area (Å²) in [6, 6.07) is 21.1. The van der Waals surface area contributed by atoms with Gasteiger partial charge in [0.1, 0.15) is 6.04 Å². The van der Waals surface area contributed by atoms with Crippen LogP contribution >= 0.6 is 11.6 Å². The number of halogens is 1. The predicted octanol–water partition coefficient (Wildman–Crippen LogP) is 2.98. The zero-order valence-corrected chi connectivity index (χ0v) is 18.3. The van der Waals surface area contributed by atoms with E-state index in [2.05, 4.69) is 10.6 Å². The van der Waals surface area contributed by atoms with Crippen LogP contribution in [0.5, 0.6) is 0 Å². The lowest BCUT2D eigenvalue weighted by atomic mass is 9.99. The molecule has 0 aromatic heterocycles. The highest BCUT2D eigenvalue weighted by Crippen LogP contribution is 2.19. The van der Waals surface area contributed by atoms with E-state index >= 15 is 0 Å². The third-order valence-electron chi connectivity index (χ3n) is 5.01. The van der Waals surface area contributed by atoms with Crippen LogP contribution in [0.2, 0.25) is 5.02 Å². The normalized spacial score (nSPS) is 13.4. The Balaban J connectivity index is 1.79. The van der Waals surface area contributed by atoms with E-state index in [1.54, 1.807) is 84.9 Å². The summed E-state index contributed by atoms with van der Waals surface area (Å²) in [5.41, 5.74) is 1.46. The number of carbonyl (C=O) groups is 3. The number of amides is 2. The molecule has 33 heavy (non-hydrogen) atoms. The zero-order valence-electron chi connectivity index (χ0n) is 17.5. The monoisotopic (exact) mass is 466 g/mol. The predicted molar refractivity (Wildman–Crippen MR) is 124 cm³/mol. The number of benzene rings is 3. The number of carbonyl (C=O) groups excluding carboxylic acids is 2. The van der Waals surface area contributed by atoms with Crippen molar-refractivity contribution in [2.24, 2.45) is 0 Å². The second-order valence-electron chi connectivity index (χ2n) is 7.41. The Morgan fingerprint density at radius 1 is 0.848 bits per heavy atom. The van der Waals surface area contributed by atoms with Crippen LogP contribution < -0.4 is 10.6 Å². The molecule has 0 aliphatic heterocycles. The van der Waals surface area contributed by atoms with Gasteiger partial charge in [-0.05, 0) is 35.4 Å². The molecule has 4 N–H and O–H groups in total. The second-order valence-corrected chi connectivity index (χ2v) is 7.84. The number of hydrogen-bond acceptors (Lipinski definition) is 4. The van der Waals surface area contributed by atoms with Crippen molar-refractivity contribution in [3.8, 4) is 0 Å². The summed E-state index contributed by atoms with van der Waals surface area (Å²) in [7, 11) is 0. The van der Waals surface area contributed by atoms with Crippen molar-refractivity contribution in [3.05, 3.63) is 107 Å². The molecule has 3 rings (SSSR count). The minimum Gasteiger partial charge on any atom is -0.480 e. The highest BCUT2D eigenvalue weighted by Gasteiger charge is 2.32. The van der Waals surface area contributed by atoms with E-state index in [-0.39, 0.29) is 6.42 Å². The van der Waals surface area contributed by atoms with Gasteiger partial charge in [0.25, 0.3) is 11.8 Å². The Bertz CT molecular complexity index is 1110. The summed E-state index contributed by atoms with van der Waals surface area (Å²) in [5, 5.41) is 25.9. The lowest BCUT2D eigenvalue weighted by Crippen LogP contribution is -2.50. The van der Waals surface area contributed by atoms with Crippen LogP contribution in [-0.2, 0) is 16.0 Å². The molecular weight excluding hydrogens is 444 g/mol. The Morgan fingerprint density at radius 3 is 2.09 bits per heavy atom. The number of aliphatic hydroxyl groups is 1. The van der Waals surface area contributed by atoms with Crippen molar-refractivity contribution in [1.82, 2.24) is 10.6 Å². The van der Waals surface area contributed by atoms with Gasteiger partial charge in [-0.25, -0.2) is 4.79 Å². The molecule has 3 atom stereocenters. The molecule has 0 saturated carbocycles. The van der Waals surface area contributed by atoms with Crippen LogP contribution in [0, 0.1) is 0 Å². The largest absolute Gasteiger partial charge is 0.480 e. The quantitative estimate of drug-likeness (QED) is 0.387. The number of hydrogen-bond donors (Lipinski definition) is 4. The molecule has 0 aliphatic carbocycles. The highest BCUT2D eigenvalue weighted by atomic mass is 35.5. The third kappa shape index (κ3) is 6.65. The number of nitrogens with one attached hydrogen (secondary N) is 2. The molecule has 8 heteroatoms. The fraction of sp³-hybridized carbons (Fsp3) is 0.160. The highest BCUT2D eigenvalue weighted by molar-refractivity contribution is 6.30. The fourth-order valence-electron chi connectivity index (χ4n) is 3.33. The Hall–Kier alpha value is -3.68. The molecule has 0 fully saturated rings. The van der Waals surface area contributed by atoms with Crippen LogP contribution in [-0.4, -0.2) is 40.1 Å². The molecule has 0 heterocycles. The minimum atomic E-state index is -1.73. The van der Waals surface area contributed by atoms with Crippen LogP contribution in [0.15, 0.2) is 84.9 Å². The molecule has 7 nitrogen and oxygen atoms in total. The van der Waals surface area contributed by atoms with E-state index in [9.17, 15) is 24.6 Å². The van der Waals surface area contributed by atoms with Crippen LogP contribution in [0.1, 0.15) is 27.5 Å². The van der Waals surface area contributed by atoms with Crippen LogP contribution in [0.4, 0.5) is 0 Å². The topological polar surface area (TPSA) is 116 Å². The van der Waals surface area contributed by atoms with Gasteiger partial charge in [-0.1, -0.05) is 72.3 Å². The van der Waals surface area contributed by atoms with Gasteiger partial charge in [0.2, 0.25) is 0 Å². The molecule has 0 saturated heterocycles. The van der Waals surface area contributed by atoms with Gasteiger partial charge in [0, 0.05) is 17.0 Å². The van der Waals surface area contributed by atoms with E-state index in [0.717, 1.165) is 0 Å². The maximum Gasteiger partial charge on any atom is 0.326 e. The van der Waals surface area contributed by atoms with E-state index in [1.165, 1.54) is 0 Å². The first-order chi connectivity index (χ1) is 15.8. The molecule has 0 spiro atoms. The van der Waals surface area contributed by atoms with E-state index in [4.69, 9.17) is 11.6 Å². The zero-order chi connectivity index (χ0) is 23.8. The molecule has 0 bridgehead atoms. The molecule has 0 radical (unpaired) electrons. The molecule has 0 unspecified atom stereocenters. The van der Waals surface area contributed by atoms with Gasteiger partial charge < -0.3 is 20.8 Å². The number of aliphatic carboxylic acids is 1. The average Bonchev–Trinajstić information content (AvgIpc) is 2.82. The Labute approximate surface area is 196 Å². The molecular formula is C25H23ClN2O5. The van der Waals surface area contributed by atoms with Crippen LogP contribution in [0.25, 0.3) is 0 Å². The Kier molecular flexibility index (Phi) is 8.18. The number of aliphatic hydroxyl groups excluding tert-OH is 1. The summed E-state index contributed by atoms with van der Waals surface area (Å²) in [4.78, 5) is 37.3. The molecule has 2 amide bonds.